The van der Waals surface area contributed by atoms with Gasteiger partial charge in [-0.15, -0.1) is 0 Å². The number of aromatic carboxylic acids is 1. The van der Waals surface area contributed by atoms with Crippen LogP contribution in [0.15, 0.2) is 6.07 Å². The third-order valence-corrected chi connectivity index (χ3v) is 2.04. The number of pyridine rings is 1. The molecule has 3 N–H and O–H groups in total. The van der Waals surface area contributed by atoms with Crippen molar-refractivity contribution in [1.29, 1.82) is 0 Å². The molecule has 0 saturated carbocycles. The lowest BCUT2D eigenvalue weighted by atomic mass is 10.1. The van der Waals surface area contributed by atoms with Crippen LogP contribution in [0.4, 0.5) is 8.78 Å². The van der Waals surface area contributed by atoms with Gasteiger partial charge >= 0.3 is 5.97 Å². The van der Waals surface area contributed by atoms with Gasteiger partial charge in [-0.3, -0.25) is 0 Å². The highest BCUT2D eigenvalue weighted by Gasteiger charge is 2.19. The number of carbonyl (C=O) groups is 1. The number of hydrogen-bond donors (Lipinski definition) is 2. The van der Waals surface area contributed by atoms with Crippen molar-refractivity contribution in [2.75, 3.05) is 0 Å². The summed E-state index contributed by atoms with van der Waals surface area (Å²) in [6, 6.07) is 0.796. The first-order valence-corrected chi connectivity index (χ1v) is 4.26. The molecule has 0 aliphatic carbocycles. The fourth-order valence-corrected chi connectivity index (χ4v) is 1.28. The molecule has 1 heterocycles. The van der Waals surface area contributed by atoms with Gasteiger partial charge in [-0.05, 0) is 6.07 Å². The van der Waals surface area contributed by atoms with Gasteiger partial charge in [0.2, 0.25) is 0 Å². The molecule has 4 nitrogen and oxygen atoms in total. The van der Waals surface area contributed by atoms with Crippen molar-refractivity contribution in [1.82, 2.24) is 4.98 Å². The fraction of sp³-hybridized carbons (Fsp3) is 0.250. The van der Waals surface area contributed by atoms with Crippen molar-refractivity contribution >= 4 is 17.6 Å². The zero-order valence-electron chi connectivity index (χ0n) is 7.38. The third-order valence-electron chi connectivity index (χ3n) is 1.75. The van der Waals surface area contributed by atoms with Crippen molar-refractivity contribution < 1.29 is 18.7 Å². The number of aromatic nitrogens is 1. The molecular weight excluding hydrogens is 230 g/mol. The van der Waals surface area contributed by atoms with E-state index >= 15 is 0 Å². The van der Waals surface area contributed by atoms with Crippen molar-refractivity contribution in [3.05, 3.63) is 28.0 Å². The Kier molecular flexibility index (Phi) is 3.54. The second-order valence-electron chi connectivity index (χ2n) is 2.67. The van der Waals surface area contributed by atoms with E-state index in [0.717, 1.165) is 6.07 Å². The number of carboxylic acids is 1. The van der Waals surface area contributed by atoms with E-state index in [9.17, 15) is 13.6 Å². The minimum absolute atomic E-state index is 0.0972. The minimum atomic E-state index is -2.83. The smallest absolute Gasteiger partial charge is 0.338 e. The average Bonchev–Trinajstić information content (AvgIpc) is 2.16. The molecule has 0 atom stereocenters. The average molecular weight is 237 g/mol. The Balaban J connectivity index is 3.37. The number of carboxylic acid groups (broad SMARTS) is 1. The molecule has 1 rings (SSSR count). The van der Waals surface area contributed by atoms with E-state index in [1.54, 1.807) is 0 Å². The Labute approximate surface area is 88.7 Å². The summed E-state index contributed by atoms with van der Waals surface area (Å²) in [4.78, 5) is 14.1. The number of alkyl halides is 2. The van der Waals surface area contributed by atoms with E-state index in [-0.39, 0.29) is 17.4 Å². The van der Waals surface area contributed by atoms with Crippen LogP contribution in [-0.2, 0) is 6.54 Å². The Bertz CT molecular complexity index is 398. The lowest BCUT2D eigenvalue weighted by molar-refractivity contribution is 0.0696. The van der Waals surface area contributed by atoms with E-state index in [2.05, 4.69) is 4.98 Å². The molecule has 15 heavy (non-hydrogen) atoms. The summed E-state index contributed by atoms with van der Waals surface area (Å²) in [5.41, 5.74) is 4.13. The van der Waals surface area contributed by atoms with Crippen LogP contribution < -0.4 is 5.73 Å². The molecule has 7 heteroatoms. The van der Waals surface area contributed by atoms with Crippen LogP contribution in [0, 0.1) is 0 Å². The van der Waals surface area contributed by atoms with Crippen molar-refractivity contribution in [3.63, 3.8) is 0 Å². The van der Waals surface area contributed by atoms with Crippen LogP contribution in [0.25, 0.3) is 0 Å². The number of hydrogen-bond acceptors (Lipinski definition) is 3. The van der Waals surface area contributed by atoms with Crippen LogP contribution in [0.5, 0.6) is 0 Å². The maximum atomic E-state index is 12.5. The molecule has 0 saturated heterocycles. The van der Waals surface area contributed by atoms with Crippen LogP contribution in [0.3, 0.4) is 0 Å². The molecule has 0 aliphatic heterocycles. The van der Waals surface area contributed by atoms with Gasteiger partial charge in [0.1, 0.15) is 5.15 Å². The summed E-state index contributed by atoms with van der Waals surface area (Å²) >= 11 is 5.49. The molecule has 0 unspecified atom stereocenters. The molecule has 1 aromatic heterocycles. The number of nitrogens with zero attached hydrogens (tertiary/aromatic N) is 1. The fourth-order valence-electron chi connectivity index (χ4n) is 1.04. The highest BCUT2D eigenvalue weighted by molar-refractivity contribution is 6.32. The van der Waals surface area contributed by atoms with E-state index in [1.807, 2.05) is 0 Å². The first-order chi connectivity index (χ1) is 6.97. The first kappa shape index (κ1) is 11.8. The van der Waals surface area contributed by atoms with E-state index in [4.69, 9.17) is 22.4 Å². The summed E-state index contributed by atoms with van der Waals surface area (Å²) in [5.74, 6) is -1.40. The van der Waals surface area contributed by atoms with Gasteiger partial charge in [0.05, 0.1) is 11.3 Å². The molecule has 0 aliphatic rings. The second kappa shape index (κ2) is 4.50. The number of nitrogens with two attached hydrogens (primary N) is 1. The Morgan fingerprint density at radius 2 is 2.27 bits per heavy atom. The van der Waals surface area contributed by atoms with Crippen LogP contribution in [0.1, 0.15) is 28.0 Å². The number of rotatable bonds is 3. The third kappa shape index (κ3) is 2.40. The van der Waals surface area contributed by atoms with Crippen molar-refractivity contribution in [3.8, 4) is 0 Å². The van der Waals surface area contributed by atoms with E-state index in [0.29, 0.717) is 0 Å². The number of halogens is 3. The first-order valence-electron chi connectivity index (χ1n) is 3.88. The summed E-state index contributed by atoms with van der Waals surface area (Å²) in [6.45, 7) is -0.223. The van der Waals surface area contributed by atoms with Crippen LogP contribution in [0.2, 0.25) is 5.15 Å². The van der Waals surface area contributed by atoms with Gasteiger partial charge in [-0.25, -0.2) is 18.6 Å². The van der Waals surface area contributed by atoms with E-state index < -0.39 is 23.5 Å². The van der Waals surface area contributed by atoms with Gasteiger partial charge in [-0.2, -0.15) is 0 Å². The summed E-state index contributed by atoms with van der Waals surface area (Å²) in [6.07, 6.45) is -2.83. The van der Waals surface area contributed by atoms with Crippen LogP contribution >= 0.6 is 11.6 Å². The normalized spacial score (nSPS) is 10.7. The molecule has 1 aromatic rings. The maximum absolute atomic E-state index is 12.5. The molecule has 0 fully saturated rings. The van der Waals surface area contributed by atoms with Gasteiger partial charge in [-0.1, -0.05) is 11.6 Å². The predicted octanol–water partition coefficient (Wildman–Crippen LogP) is 1.83. The Hall–Kier alpha value is -1.27. The van der Waals surface area contributed by atoms with Crippen molar-refractivity contribution in [2.24, 2.45) is 5.73 Å². The summed E-state index contributed by atoms with van der Waals surface area (Å²) in [7, 11) is 0. The lowest BCUT2D eigenvalue weighted by Crippen LogP contribution is -2.09. The van der Waals surface area contributed by atoms with Crippen molar-refractivity contribution in [2.45, 2.75) is 13.0 Å². The topological polar surface area (TPSA) is 76.2 Å². The monoisotopic (exact) mass is 236 g/mol. The van der Waals surface area contributed by atoms with Gasteiger partial charge in [0.25, 0.3) is 6.43 Å². The lowest BCUT2D eigenvalue weighted by Gasteiger charge is -2.08. The highest BCUT2D eigenvalue weighted by atomic mass is 35.5. The molecule has 82 valence electrons. The summed E-state index contributed by atoms with van der Waals surface area (Å²) < 4.78 is 24.9. The molecule has 0 bridgehead atoms. The minimum Gasteiger partial charge on any atom is -0.478 e. The highest BCUT2D eigenvalue weighted by Crippen LogP contribution is 2.26. The quantitative estimate of drug-likeness (QED) is 0.785. The van der Waals surface area contributed by atoms with Gasteiger partial charge in [0.15, 0.2) is 0 Å². The predicted molar refractivity (Wildman–Crippen MR) is 49.1 cm³/mol. The largest absolute Gasteiger partial charge is 0.478 e. The Morgan fingerprint density at radius 3 is 2.67 bits per heavy atom. The zero-order chi connectivity index (χ0) is 11.6. The SMILES string of the molecule is NCc1nc(Cl)c(C(=O)O)cc1C(F)F. The maximum Gasteiger partial charge on any atom is 0.338 e. The summed E-state index contributed by atoms with van der Waals surface area (Å²) in [5, 5.41) is 8.29. The molecule has 0 radical (unpaired) electrons. The second-order valence-corrected chi connectivity index (χ2v) is 3.03. The molecule has 0 aromatic carbocycles. The zero-order valence-corrected chi connectivity index (χ0v) is 8.13. The van der Waals surface area contributed by atoms with E-state index in [1.165, 1.54) is 0 Å². The van der Waals surface area contributed by atoms with Gasteiger partial charge < -0.3 is 10.8 Å². The molecule has 0 amide bonds. The van der Waals surface area contributed by atoms with Crippen LogP contribution in [-0.4, -0.2) is 16.1 Å². The standard InChI is InChI=1S/C8H7ClF2N2O2/c9-6-4(8(14)15)1-3(7(10)11)5(2-12)13-6/h1,7H,2,12H2,(H,14,15). The molecule has 0 spiro atoms. The molecular formula is C8H7ClF2N2O2. The Morgan fingerprint density at radius 1 is 1.67 bits per heavy atom. The van der Waals surface area contributed by atoms with Gasteiger partial charge in [0, 0.05) is 12.1 Å².